The van der Waals surface area contributed by atoms with Gasteiger partial charge in [0.05, 0.1) is 0 Å². The Kier molecular flexibility index (Phi) is 1.48. The fourth-order valence-electron chi connectivity index (χ4n) is 0.542. The van der Waals surface area contributed by atoms with Crippen molar-refractivity contribution < 1.29 is 0 Å². The molecule has 1 aliphatic rings. The van der Waals surface area contributed by atoms with Gasteiger partial charge in [0.15, 0.2) is 5.96 Å². The molecular formula is C5H8N4. The third-order valence-electron chi connectivity index (χ3n) is 1.00. The van der Waals surface area contributed by atoms with Gasteiger partial charge < -0.3 is 5.73 Å². The highest BCUT2D eigenvalue weighted by Crippen LogP contribution is 1.92. The van der Waals surface area contributed by atoms with Crippen molar-refractivity contribution in [3.8, 4) is 0 Å². The number of hydrogen-bond acceptors (Lipinski definition) is 2. The molecule has 9 heavy (non-hydrogen) atoms. The predicted octanol–water partition coefficient (Wildman–Crippen LogP) is -0.263. The van der Waals surface area contributed by atoms with E-state index in [1.54, 1.807) is 23.4 Å². The minimum Gasteiger partial charge on any atom is -0.370 e. The fraction of sp³-hybridized carbons (Fsp3) is 0.200. The molecule has 3 N–H and O–H groups in total. The Morgan fingerprint density at radius 2 is 2.56 bits per heavy atom. The number of rotatable bonds is 0. The normalized spacial score (nSPS) is 16.2. The lowest BCUT2D eigenvalue weighted by molar-refractivity contribution is 0.561. The van der Waals surface area contributed by atoms with Gasteiger partial charge in [0.2, 0.25) is 0 Å². The highest BCUT2D eigenvalue weighted by Gasteiger charge is 2.00. The first-order valence-electron chi connectivity index (χ1n) is 2.58. The molecule has 4 nitrogen and oxygen atoms in total. The third kappa shape index (κ3) is 1.28. The molecule has 0 aromatic rings. The molecule has 0 fully saturated rings. The molecule has 48 valence electrons. The second-order valence-electron chi connectivity index (χ2n) is 1.67. The van der Waals surface area contributed by atoms with Crippen LogP contribution in [0.15, 0.2) is 17.3 Å². The van der Waals surface area contributed by atoms with Crippen molar-refractivity contribution in [2.24, 2.45) is 10.7 Å². The molecule has 4 heteroatoms. The van der Waals surface area contributed by atoms with Gasteiger partial charge in [-0.05, 0) is 6.08 Å². The van der Waals surface area contributed by atoms with E-state index in [4.69, 9.17) is 11.1 Å². The molecule has 0 saturated carbocycles. The molecule has 1 aliphatic heterocycles. The highest BCUT2D eigenvalue weighted by molar-refractivity contribution is 5.79. The van der Waals surface area contributed by atoms with E-state index in [0.29, 0.717) is 6.67 Å². The maximum Gasteiger partial charge on any atom is 0.194 e. The maximum absolute atomic E-state index is 6.97. The summed E-state index contributed by atoms with van der Waals surface area (Å²) in [4.78, 5) is 5.41. The van der Waals surface area contributed by atoms with Crippen LogP contribution < -0.4 is 5.73 Å². The Morgan fingerprint density at radius 3 is 2.89 bits per heavy atom. The van der Waals surface area contributed by atoms with Crippen molar-refractivity contribution >= 4 is 12.2 Å². The number of aliphatic imine (C=N–C) groups is 1. The van der Waals surface area contributed by atoms with E-state index in [9.17, 15) is 0 Å². The van der Waals surface area contributed by atoms with Gasteiger partial charge in [0.25, 0.3) is 0 Å². The average molecular weight is 124 g/mol. The van der Waals surface area contributed by atoms with Crippen LogP contribution in [-0.4, -0.2) is 23.7 Å². The summed E-state index contributed by atoms with van der Waals surface area (Å²) >= 11 is 0. The highest BCUT2D eigenvalue weighted by atomic mass is 15.3. The molecular weight excluding hydrogens is 116 g/mol. The maximum atomic E-state index is 6.97. The molecule has 1 heterocycles. The summed E-state index contributed by atoms with van der Waals surface area (Å²) in [6.07, 6.45) is 5.14. The van der Waals surface area contributed by atoms with Crippen molar-refractivity contribution in [2.75, 3.05) is 6.67 Å². The summed E-state index contributed by atoms with van der Waals surface area (Å²) in [6.45, 7) is 0.464. The first kappa shape index (κ1) is 5.81. The van der Waals surface area contributed by atoms with Gasteiger partial charge in [-0.3, -0.25) is 15.3 Å². The minimum atomic E-state index is 0.0306. The van der Waals surface area contributed by atoms with E-state index in [-0.39, 0.29) is 5.96 Å². The number of nitrogens with zero attached hydrogens (tertiary/aromatic N) is 2. The van der Waals surface area contributed by atoms with E-state index >= 15 is 0 Å². The molecule has 0 spiro atoms. The topological polar surface area (TPSA) is 65.5 Å². The monoisotopic (exact) mass is 124 g/mol. The molecule has 0 aromatic carbocycles. The Bertz CT molecular complexity index is 170. The molecule has 0 amide bonds. The summed E-state index contributed by atoms with van der Waals surface area (Å²) in [5, 5.41) is 6.97. The van der Waals surface area contributed by atoms with Crippen LogP contribution >= 0.6 is 0 Å². The summed E-state index contributed by atoms with van der Waals surface area (Å²) in [5.41, 5.74) is 5.15. The lowest BCUT2D eigenvalue weighted by atomic mass is 10.5. The summed E-state index contributed by atoms with van der Waals surface area (Å²) in [5.74, 6) is 0.0306. The largest absolute Gasteiger partial charge is 0.370 e. The number of nitrogens with two attached hydrogens (primary N) is 1. The molecule has 0 bridgehead atoms. The Labute approximate surface area is 53.2 Å². The van der Waals surface area contributed by atoms with Gasteiger partial charge >= 0.3 is 0 Å². The first-order chi connectivity index (χ1) is 4.30. The van der Waals surface area contributed by atoms with Crippen LogP contribution in [0.5, 0.6) is 0 Å². The van der Waals surface area contributed by atoms with Crippen LogP contribution in [0.25, 0.3) is 0 Å². The summed E-state index contributed by atoms with van der Waals surface area (Å²) in [6, 6.07) is 0. The SMILES string of the molecule is N=C(N)N1C=CC=NC1. The van der Waals surface area contributed by atoms with Crippen molar-refractivity contribution in [1.29, 1.82) is 5.41 Å². The standard InChI is InChI=1S/C5H8N4/c6-5(7)9-3-1-2-8-4-9/h1-3H,4H2,(H3,6,7). The number of allylic oxidation sites excluding steroid dienone is 1. The first-order valence-corrected chi connectivity index (χ1v) is 2.58. The van der Waals surface area contributed by atoms with Crippen LogP contribution in [0, 0.1) is 5.41 Å². The second kappa shape index (κ2) is 2.30. The van der Waals surface area contributed by atoms with Crippen LogP contribution in [0.4, 0.5) is 0 Å². The molecule has 0 atom stereocenters. The number of nitrogens with one attached hydrogen (secondary N) is 1. The molecule has 0 aromatic heterocycles. The van der Waals surface area contributed by atoms with Gasteiger partial charge in [-0.15, -0.1) is 0 Å². The van der Waals surface area contributed by atoms with Gasteiger partial charge in [-0.2, -0.15) is 0 Å². The summed E-state index contributed by atoms with van der Waals surface area (Å²) < 4.78 is 0. The third-order valence-corrected chi connectivity index (χ3v) is 1.00. The second-order valence-corrected chi connectivity index (χ2v) is 1.67. The Hall–Kier alpha value is -1.32. The molecule has 0 radical (unpaired) electrons. The Morgan fingerprint density at radius 1 is 1.78 bits per heavy atom. The van der Waals surface area contributed by atoms with Crippen LogP contribution in [-0.2, 0) is 0 Å². The van der Waals surface area contributed by atoms with Crippen molar-refractivity contribution in [3.63, 3.8) is 0 Å². The quantitative estimate of drug-likeness (QED) is 0.345. The van der Waals surface area contributed by atoms with Crippen LogP contribution in [0.1, 0.15) is 0 Å². The zero-order chi connectivity index (χ0) is 6.69. The minimum absolute atomic E-state index is 0.0306. The van der Waals surface area contributed by atoms with Crippen molar-refractivity contribution in [3.05, 3.63) is 12.3 Å². The van der Waals surface area contributed by atoms with Crippen molar-refractivity contribution in [2.45, 2.75) is 0 Å². The van der Waals surface area contributed by atoms with Crippen LogP contribution in [0.2, 0.25) is 0 Å². The number of hydrogen-bond donors (Lipinski definition) is 2. The zero-order valence-electron chi connectivity index (χ0n) is 4.91. The van der Waals surface area contributed by atoms with Gasteiger partial charge in [-0.1, -0.05) is 0 Å². The average Bonchev–Trinajstić information content (AvgIpc) is 1.90. The predicted molar refractivity (Wildman–Crippen MR) is 36.3 cm³/mol. The van der Waals surface area contributed by atoms with E-state index in [1.807, 2.05) is 0 Å². The van der Waals surface area contributed by atoms with Gasteiger partial charge in [0, 0.05) is 12.4 Å². The van der Waals surface area contributed by atoms with Crippen molar-refractivity contribution in [1.82, 2.24) is 4.90 Å². The van der Waals surface area contributed by atoms with E-state index in [0.717, 1.165) is 0 Å². The molecule has 0 unspecified atom stereocenters. The lowest BCUT2D eigenvalue weighted by Gasteiger charge is -2.16. The summed E-state index contributed by atoms with van der Waals surface area (Å²) in [7, 11) is 0. The lowest BCUT2D eigenvalue weighted by Crippen LogP contribution is -2.33. The smallest absolute Gasteiger partial charge is 0.194 e. The van der Waals surface area contributed by atoms with Gasteiger partial charge in [0.1, 0.15) is 6.67 Å². The van der Waals surface area contributed by atoms with E-state index < -0.39 is 0 Å². The zero-order valence-corrected chi connectivity index (χ0v) is 4.91. The van der Waals surface area contributed by atoms with Gasteiger partial charge in [-0.25, -0.2) is 0 Å². The molecule has 0 aliphatic carbocycles. The number of guanidine groups is 1. The van der Waals surface area contributed by atoms with E-state index in [1.165, 1.54) is 0 Å². The van der Waals surface area contributed by atoms with E-state index in [2.05, 4.69) is 4.99 Å². The van der Waals surface area contributed by atoms with Crippen LogP contribution in [0.3, 0.4) is 0 Å². The molecule has 1 rings (SSSR count). The Balaban J connectivity index is 2.56. The fourth-order valence-corrected chi connectivity index (χ4v) is 0.542. The molecule has 0 saturated heterocycles.